The Bertz CT molecular complexity index is 608. The Balaban J connectivity index is 2.59. The average Bonchev–Trinajstić information content (AvgIpc) is 2.36. The van der Waals surface area contributed by atoms with Gasteiger partial charge in [0.25, 0.3) is 0 Å². The van der Waals surface area contributed by atoms with Gasteiger partial charge in [-0.2, -0.15) is 0 Å². The van der Waals surface area contributed by atoms with Crippen LogP contribution in [-0.2, 0) is 26.2 Å². The molecule has 0 spiro atoms. The molecule has 1 aromatic carbocycles. The van der Waals surface area contributed by atoms with E-state index in [1.807, 2.05) is 0 Å². The van der Waals surface area contributed by atoms with E-state index in [9.17, 15) is 18.0 Å². The molecule has 1 rings (SSSR count). The number of amides is 1. The summed E-state index contributed by atoms with van der Waals surface area (Å²) < 4.78 is 24.9. The van der Waals surface area contributed by atoms with Gasteiger partial charge in [0.05, 0.1) is 0 Å². The summed E-state index contributed by atoms with van der Waals surface area (Å²) in [5, 5.41) is 11.2. The predicted octanol–water partition coefficient (Wildman–Crippen LogP) is 0.785. The molecule has 1 aromatic rings. The molecule has 21 heavy (non-hydrogen) atoms. The lowest BCUT2D eigenvalue weighted by Crippen LogP contribution is -2.29. The SMILES string of the molecule is CC(C)C(=O)Nc1ccc(CNS(=O)(=O)CC(=O)O)cc1. The van der Waals surface area contributed by atoms with Crippen LogP contribution < -0.4 is 10.0 Å². The first-order valence-corrected chi connectivity index (χ1v) is 7.94. The standard InChI is InChI=1S/C13H18N2O5S/c1-9(2)13(18)15-11-5-3-10(4-6-11)7-14-21(19,20)8-12(16)17/h3-6,9,14H,7-8H2,1-2H3,(H,15,18)(H,16,17). The third-order valence-corrected chi connectivity index (χ3v) is 3.77. The Morgan fingerprint density at radius 2 is 1.76 bits per heavy atom. The molecule has 116 valence electrons. The van der Waals surface area contributed by atoms with Gasteiger partial charge in [-0.05, 0) is 17.7 Å². The summed E-state index contributed by atoms with van der Waals surface area (Å²) in [6.07, 6.45) is 0. The highest BCUT2D eigenvalue weighted by atomic mass is 32.2. The maximum atomic E-state index is 11.5. The molecule has 0 heterocycles. The molecule has 8 heteroatoms. The van der Waals surface area contributed by atoms with Crippen LogP contribution in [0.3, 0.4) is 0 Å². The molecule has 0 radical (unpaired) electrons. The van der Waals surface area contributed by atoms with Gasteiger partial charge in [0.2, 0.25) is 15.9 Å². The first-order valence-electron chi connectivity index (χ1n) is 6.28. The zero-order valence-corrected chi connectivity index (χ0v) is 12.6. The van der Waals surface area contributed by atoms with E-state index in [4.69, 9.17) is 5.11 Å². The van der Waals surface area contributed by atoms with E-state index in [1.165, 1.54) is 0 Å². The van der Waals surface area contributed by atoms with Crippen molar-refractivity contribution in [1.82, 2.24) is 4.72 Å². The first kappa shape index (κ1) is 17.1. The van der Waals surface area contributed by atoms with Crippen LogP contribution in [0.15, 0.2) is 24.3 Å². The Labute approximate surface area is 123 Å². The number of aliphatic carboxylic acids is 1. The number of carbonyl (C=O) groups excluding carboxylic acids is 1. The van der Waals surface area contributed by atoms with Gasteiger partial charge in [-0.25, -0.2) is 13.1 Å². The summed E-state index contributed by atoms with van der Waals surface area (Å²) in [4.78, 5) is 21.9. The lowest BCUT2D eigenvalue weighted by atomic mass is 10.2. The van der Waals surface area contributed by atoms with Gasteiger partial charge < -0.3 is 10.4 Å². The summed E-state index contributed by atoms with van der Waals surface area (Å²) in [6, 6.07) is 6.61. The van der Waals surface area contributed by atoms with Crippen LogP contribution in [-0.4, -0.2) is 31.2 Å². The number of nitrogens with one attached hydrogen (secondary N) is 2. The van der Waals surface area contributed by atoms with Crippen LogP contribution in [0.2, 0.25) is 0 Å². The average molecular weight is 314 g/mol. The number of hydrogen-bond donors (Lipinski definition) is 3. The van der Waals surface area contributed by atoms with Crippen molar-refractivity contribution in [2.75, 3.05) is 11.1 Å². The van der Waals surface area contributed by atoms with Crippen LogP contribution in [0.5, 0.6) is 0 Å². The Morgan fingerprint density at radius 3 is 2.24 bits per heavy atom. The van der Waals surface area contributed by atoms with Gasteiger partial charge in [-0.15, -0.1) is 0 Å². The van der Waals surface area contributed by atoms with Crippen LogP contribution in [0.4, 0.5) is 5.69 Å². The van der Waals surface area contributed by atoms with Crippen molar-refractivity contribution in [3.63, 3.8) is 0 Å². The zero-order chi connectivity index (χ0) is 16.0. The van der Waals surface area contributed by atoms with Crippen molar-refractivity contribution in [1.29, 1.82) is 0 Å². The fourth-order valence-electron chi connectivity index (χ4n) is 1.40. The van der Waals surface area contributed by atoms with E-state index in [0.29, 0.717) is 11.3 Å². The van der Waals surface area contributed by atoms with Gasteiger partial charge in [-0.1, -0.05) is 26.0 Å². The molecule has 0 fully saturated rings. The third kappa shape index (κ3) is 6.37. The topological polar surface area (TPSA) is 113 Å². The molecule has 0 unspecified atom stereocenters. The largest absolute Gasteiger partial charge is 0.480 e. The highest BCUT2D eigenvalue weighted by molar-refractivity contribution is 7.90. The maximum absolute atomic E-state index is 11.5. The fourth-order valence-corrected chi connectivity index (χ4v) is 2.21. The van der Waals surface area contributed by atoms with Crippen LogP contribution in [0, 0.1) is 5.92 Å². The minimum atomic E-state index is -3.84. The molecular formula is C13H18N2O5S. The number of anilines is 1. The lowest BCUT2D eigenvalue weighted by Gasteiger charge is -2.09. The summed E-state index contributed by atoms with van der Waals surface area (Å²) in [5.74, 6) is -2.61. The number of benzene rings is 1. The van der Waals surface area contributed by atoms with E-state index in [-0.39, 0.29) is 18.4 Å². The monoisotopic (exact) mass is 314 g/mol. The van der Waals surface area contributed by atoms with E-state index < -0.39 is 21.7 Å². The van der Waals surface area contributed by atoms with Crippen molar-refractivity contribution in [2.24, 2.45) is 5.92 Å². The molecule has 0 bridgehead atoms. The number of carboxylic acids is 1. The second kappa shape index (κ2) is 7.19. The molecule has 0 aromatic heterocycles. The van der Waals surface area contributed by atoms with Gasteiger partial charge in [0.15, 0.2) is 5.75 Å². The second-order valence-electron chi connectivity index (χ2n) is 4.81. The van der Waals surface area contributed by atoms with E-state index in [0.717, 1.165) is 0 Å². The number of rotatable bonds is 7. The molecule has 7 nitrogen and oxygen atoms in total. The first-order chi connectivity index (χ1) is 9.69. The molecule has 0 aliphatic rings. The van der Waals surface area contributed by atoms with Crippen molar-refractivity contribution < 1.29 is 23.1 Å². The molecule has 0 saturated heterocycles. The highest BCUT2D eigenvalue weighted by Gasteiger charge is 2.14. The molecule has 3 N–H and O–H groups in total. The van der Waals surface area contributed by atoms with Crippen molar-refractivity contribution in [3.8, 4) is 0 Å². The molecule has 0 aliphatic carbocycles. The van der Waals surface area contributed by atoms with Gasteiger partial charge in [-0.3, -0.25) is 9.59 Å². The molecule has 0 atom stereocenters. The van der Waals surface area contributed by atoms with Crippen LogP contribution in [0.25, 0.3) is 0 Å². The molecular weight excluding hydrogens is 296 g/mol. The minimum Gasteiger partial charge on any atom is -0.480 e. The second-order valence-corrected chi connectivity index (χ2v) is 6.62. The zero-order valence-electron chi connectivity index (χ0n) is 11.8. The Morgan fingerprint density at radius 1 is 1.19 bits per heavy atom. The molecule has 1 amide bonds. The quantitative estimate of drug-likeness (QED) is 0.688. The van der Waals surface area contributed by atoms with E-state index in [2.05, 4.69) is 10.0 Å². The van der Waals surface area contributed by atoms with Crippen molar-refractivity contribution in [3.05, 3.63) is 29.8 Å². The lowest BCUT2D eigenvalue weighted by molar-refractivity contribution is -0.134. The summed E-state index contributed by atoms with van der Waals surface area (Å²) in [7, 11) is -3.84. The smallest absolute Gasteiger partial charge is 0.320 e. The van der Waals surface area contributed by atoms with Gasteiger partial charge in [0.1, 0.15) is 0 Å². The Kier molecular flexibility index (Phi) is 5.86. The third-order valence-electron chi connectivity index (χ3n) is 2.56. The van der Waals surface area contributed by atoms with Gasteiger partial charge in [0, 0.05) is 18.2 Å². The number of carboxylic acid groups (broad SMARTS) is 1. The normalized spacial score (nSPS) is 11.4. The maximum Gasteiger partial charge on any atom is 0.320 e. The van der Waals surface area contributed by atoms with Crippen LogP contribution >= 0.6 is 0 Å². The fraction of sp³-hybridized carbons (Fsp3) is 0.385. The highest BCUT2D eigenvalue weighted by Crippen LogP contribution is 2.11. The Hall–Kier alpha value is -1.93. The van der Waals surface area contributed by atoms with Crippen molar-refractivity contribution >= 4 is 27.6 Å². The number of carbonyl (C=O) groups is 2. The summed E-state index contributed by atoms with van der Waals surface area (Å²) in [6.45, 7) is 3.55. The van der Waals surface area contributed by atoms with Crippen molar-refractivity contribution in [2.45, 2.75) is 20.4 Å². The number of hydrogen-bond acceptors (Lipinski definition) is 4. The molecule has 0 aliphatic heterocycles. The van der Waals surface area contributed by atoms with Gasteiger partial charge >= 0.3 is 5.97 Å². The summed E-state index contributed by atoms with van der Waals surface area (Å²) >= 11 is 0. The van der Waals surface area contributed by atoms with E-state index >= 15 is 0 Å². The van der Waals surface area contributed by atoms with E-state index in [1.54, 1.807) is 38.1 Å². The summed E-state index contributed by atoms with van der Waals surface area (Å²) in [5.41, 5.74) is 1.28. The minimum absolute atomic E-state index is 0.00593. The molecule has 0 saturated carbocycles. The number of sulfonamides is 1. The predicted molar refractivity (Wildman–Crippen MR) is 78.2 cm³/mol. The van der Waals surface area contributed by atoms with Crippen LogP contribution in [0.1, 0.15) is 19.4 Å².